The molecule has 2 amide bonds. The summed E-state index contributed by atoms with van der Waals surface area (Å²) in [6, 6.07) is 9.37. The molecule has 28 heavy (non-hydrogen) atoms. The molecule has 2 saturated heterocycles. The molecule has 4 rings (SSSR count). The Morgan fingerprint density at radius 2 is 1.75 bits per heavy atom. The summed E-state index contributed by atoms with van der Waals surface area (Å²) in [5.41, 5.74) is 8.26. The van der Waals surface area contributed by atoms with Crippen LogP contribution < -0.4 is 5.73 Å². The van der Waals surface area contributed by atoms with E-state index < -0.39 is 11.8 Å². The molecule has 1 aromatic rings. The van der Waals surface area contributed by atoms with Gasteiger partial charge in [-0.05, 0) is 68.7 Å². The van der Waals surface area contributed by atoms with Crippen molar-refractivity contribution in [2.45, 2.75) is 50.7 Å². The highest BCUT2D eigenvalue weighted by Crippen LogP contribution is 2.29. The normalized spacial score (nSPS) is 23.6. The van der Waals surface area contributed by atoms with Gasteiger partial charge in [0, 0.05) is 25.7 Å². The summed E-state index contributed by atoms with van der Waals surface area (Å²) in [6.45, 7) is 3.95. The van der Waals surface area contributed by atoms with Crippen LogP contribution in [0.1, 0.15) is 36.8 Å². The Hall–Kier alpha value is -1.92. The Labute approximate surface area is 167 Å². The van der Waals surface area contributed by atoms with Gasteiger partial charge in [0.1, 0.15) is 0 Å². The maximum Gasteiger partial charge on any atom is 0.311 e. The Balaban J connectivity index is 1.29. The van der Waals surface area contributed by atoms with Crippen molar-refractivity contribution in [3.05, 3.63) is 35.4 Å². The fourth-order valence-electron chi connectivity index (χ4n) is 5.04. The lowest BCUT2D eigenvalue weighted by atomic mass is 9.94. The summed E-state index contributed by atoms with van der Waals surface area (Å²) in [6.07, 6.45) is 6.41. The molecule has 0 bridgehead atoms. The number of nitrogens with zero attached hydrogens (tertiary/aromatic N) is 2. The smallest absolute Gasteiger partial charge is 0.311 e. The van der Waals surface area contributed by atoms with Gasteiger partial charge in [0.05, 0.1) is 6.10 Å². The van der Waals surface area contributed by atoms with Crippen LogP contribution in [0.5, 0.6) is 0 Å². The summed E-state index contributed by atoms with van der Waals surface area (Å²) in [5.74, 6) is -1.01. The lowest BCUT2D eigenvalue weighted by molar-refractivity contribution is -0.145. The molecule has 2 N–H and O–H groups in total. The first kappa shape index (κ1) is 19.4. The van der Waals surface area contributed by atoms with Crippen LogP contribution in [0.4, 0.5) is 0 Å². The second-order valence-corrected chi connectivity index (χ2v) is 8.52. The maximum absolute atomic E-state index is 12.3. The second-order valence-electron chi connectivity index (χ2n) is 8.52. The van der Waals surface area contributed by atoms with Crippen LogP contribution in [0, 0.1) is 5.92 Å². The van der Waals surface area contributed by atoms with Crippen molar-refractivity contribution in [1.82, 2.24) is 9.80 Å². The highest BCUT2D eigenvalue weighted by Gasteiger charge is 2.32. The molecule has 0 aromatic heterocycles. The molecule has 0 radical (unpaired) electrons. The molecule has 2 heterocycles. The summed E-state index contributed by atoms with van der Waals surface area (Å²) in [5, 5.41) is 0. The number of carbonyl (C=O) groups excluding carboxylic acids is 2. The molecule has 1 aromatic carbocycles. The van der Waals surface area contributed by atoms with Gasteiger partial charge in [0.25, 0.3) is 0 Å². The van der Waals surface area contributed by atoms with Crippen LogP contribution in [-0.4, -0.2) is 66.5 Å². The lowest BCUT2D eigenvalue weighted by Gasteiger charge is -2.38. The van der Waals surface area contributed by atoms with Crippen molar-refractivity contribution >= 4 is 11.8 Å². The quantitative estimate of drug-likeness (QED) is 0.777. The average molecular weight is 386 g/mol. The van der Waals surface area contributed by atoms with E-state index in [9.17, 15) is 9.59 Å². The Morgan fingerprint density at radius 3 is 2.32 bits per heavy atom. The van der Waals surface area contributed by atoms with Crippen LogP contribution in [0.3, 0.4) is 0 Å². The summed E-state index contributed by atoms with van der Waals surface area (Å²) >= 11 is 0. The predicted molar refractivity (Wildman–Crippen MR) is 107 cm³/mol. The minimum atomic E-state index is -0.862. The molecule has 1 aliphatic carbocycles. The fraction of sp³-hybridized carbons (Fsp3) is 0.636. The molecule has 2 fully saturated rings. The summed E-state index contributed by atoms with van der Waals surface area (Å²) in [4.78, 5) is 28.0. The van der Waals surface area contributed by atoms with Gasteiger partial charge in [0.2, 0.25) is 0 Å². The Kier molecular flexibility index (Phi) is 5.97. The first-order valence-corrected chi connectivity index (χ1v) is 10.6. The third-order valence-electron chi connectivity index (χ3n) is 6.62. The van der Waals surface area contributed by atoms with E-state index in [1.807, 2.05) is 0 Å². The number of benzene rings is 1. The number of primary amides is 1. The zero-order chi connectivity index (χ0) is 19.5. The van der Waals surface area contributed by atoms with Crippen molar-refractivity contribution in [3.8, 4) is 0 Å². The van der Waals surface area contributed by atoms with E-state index in [2.05, 4.69) is 29.2 Å². The van der Waals surface area contributed by atoms with Gasteiger partial charge in [-0.3, -0.25) is 14.5 Å². The molecular formula is C22H31N3O3. The first-order valence-electron chi connectivity index (χ1n) is 10.6. The summed E-state index contributed by atoms with van der Waals surface area (Å²) in [7, 11) is 0. The van der Waals surface area contributed by atoms with Crippen molar-refractivity contribution in [3.63, 3.8) is 0 Å². The molecular weight excluding hydrogens is 354 g/mol. The van der Waals surface area contributed by atoms with Crippen molar-refractivity contribution in [2.75, 3.05) is 32.8 Å². The number of hydrogen-bond donors (Lipinski definition) is 1. The van der Waals surface area contributed by atoms with Crippen molar-refractivity contribution in [1.29, 1.82) is 0 Å². The highest BCUT2D eigenvalue weighted by atomic mass is 16.5. The predicted octanol–water partition coefficient (Wildman–Crippen LogP) is 1.36. The molecule has 2 aliphatic heterocycles. The van der Waals surface area contributed by atoms with Crippen LogP contribution in [0.15, 0.2) is 24.3 Å². The molecule has 3 aliphatic rings. The molecule has 0 unspecified atom stereocenters. The first-order chi connectivity index (χ1) is 13.6. The maximum atomic E-state index is 12.3. The number of likely N-dealkylation sites (tertiary alicyclic amines) is 1. The van der Waals surface area contributed by atoms with Crippen molar-refractivity contribution in [2.24, 2.45) is 11.7 Å². The van der Waals surface area contributed by atoms with Crippen molar-refractivity contribution < 1.29 is 14.3 Å². The van der Waals surface area contributed by atoms with E-state index in [1.54, 1.807) is 4.90 Å². The van der Waals surface area contributed by atoms with E-state index in [4.69, 9.17) is 10.5 Å². The number of piperidine rings is 1. The van der Waals surface area contributed by atoms with Crippen LogP contribution >= 0.6 is 0 Å². The van der Waals surface area contributed by atoms with Gasteiger partial charge in [-0.25, -0.2) is 0 Å². The minimum absolute atomic E-state index is 0.0420. The SMILES string of the molecule is NC(=O)C(=O)N(CC1CCN(C2Cc3ccccc3C2)CC1)C[C@H]1CCCO1. The van der Waals surface area contributed by atoms with Gasteiger partial charge in [-0.1, -0.05) is 24.3 Å². The van der Waals surface area contributed by atoms with E-state index in [-0.39, 0.29) is 6.10 Å². The van der Waals surface area contributed by atoms with Gasteiger partial charge in [0.15, 0.2) is 0 Å². The molecule has 152 valence electrons. The largest absolute Gasteiger partial charge is 0.376 e. The van der Waals surface area contributed by atoms with Crippen LogP contribution in [0.2, 0.25) is 0 Å². The number of rotatable bonds is 5. The third-order valence-corrected chi connectivity index (χ3v) is 6.62. The number of nitrogens with two attached hydrogens (primary N) is 1. The standard InChI is InChI=1S/C22H31N3O3/c23-21(26)22(27)25(15-20-6-3-11-28-20)14-16-7-9-24(10-8-16)19-12-17-4-1-2-5-18(17)13-19/h1-2,4-5,16,19-20H,3,6-15H2,(H2,23,26)/t20-/m1/s1. The van der Waals surface area contributed by atoms with E-state index in [1.165, 1.54) is 11.1 Å². The van der Waals surface area contributed by atoms with E-state index >= 15 is 0 Å². The zero-order valence-electron chi connectivity index (χ0n) is 16.5. The number of ether oxygens (including phenoxy) is 1. The molecule has 6 nitrogen and oxygen atoms in total. The number of fused-ring (bicyclic) bond motifs is 1. The fourth-order valence-corrected chi connectivity index (χ4v) is 5.04. The Bertz CT molecular complexity index is 684. The zero-order valence-corrected chi connectivity index (χ0v) is 16.5. The lowest BCUT2D eigenvalue weighted by Crippen LogP contribution is -2.48. The van der Waals surface area contributed by atoms with E-state index in [0.717, 1.165) is 58.2 Å². The average Bonchev–Trinajstić information content (AvgIpc) is 3.36. The number of amides is 2. The Morgan fingerprint density at radius 1 is 1.07 bits per heavy atom. The molecule has 0 spiro atoms. The van der Waals surface area contributed by atoms with Crippen LogP contribution in [-0.2, 0) is 27.2 Å². The molecule has 6 heteroatoms. The van der Waals surface area contributed by atoms with E-state index in [0.29, 0.717) is 25.0 Å². The van der Waals surface area contributed by atoms with Gasteiger partial charge in [-0.2, -0.15) is 0 Å². The minimum Gasteiger partial charge on any atom is -0.376 e. The number of hydrogen-bond acceptors (Lipinski definition) is 4. The molecule has 0 saturated carbocycles. The van der Waals surface area contributed by atoms with Crippen LogP contribution in [0.25, 0.3) is 0 Å². The monoisotopic (exact) mass is 385 g/mol. The highest BCUT2D eigenvalue weighted by molar-refractivity contribution is 6.34. The second kappa shape index (κ2) is 8.62. The van der Waals surface area contributed by atoms with Gasteiger partial charge in [-0.15, -0.1) is 0 Å². The topological polar surface area (TPSA) is 75.9 Å². The third kappa shape index (κ3) is 4.39. The number of carbonyl (C=O) groups is 2. The summed E-state index contributed by atoms with van der Waals surface area (Å²) < 4.78 is 5.66. The molecule has 1 atom stereocenters. The van der Waals surface area contributed by atoms with Gasteiger partial charge < -0.3 is 15.4 Å². The van der Waals surface area contributed by atoms with Gasteiger partial charge >= 0.3 is 11.8 Å².